The molecule has 2 fully saturated rings. The average Bonchev–Trinajstić information content (AvgIpc) is 2.88. The third-order valence-corrected chi connectivity index (χ3v) is 4.73. The highest BCUT2D eigenvalue weighted by atomic mass is 16.4. The van der Waals surface area contributed by atoms with Crippen LogP contribution in [-0.4, -0.2) is 51.6 Å². The number of likely N-dealkylation sites (tertiary alicyclic amines) is 1. The van der Waals surface area contributed by atoms with E-state index in [1.54, 1.807) is 4.90 Å². The molecule has 0 bridgehead atoms. The summed E-state index contributed by atoms with van der Waals surface area (Å²) in [7, 11) is 0. The summed E-state index contributed by atoms with van der Waals surface area (Å²) in [5.74, 6) is -0.914. The van der Waals surface area contributed by atoms with Crippen molar-refractivity contribution in [1.82, 2.24) is 9.80 Å². The second-order valence-corrected chi connectivity index (χ2v) is 6.28. The Labute approximate surface area is 120 Å². The number of urea groups is 1. The molecule has 2 unspecified atom stereocenters. The quantitative estimate of drug-likeness (QED) is 0.865. The summed E-state index contributed by atoms with van der Waals surface area (Å²) in [5, 5.41) is 9.11. The van der Waals surface area contributed by atoms with Crippen LogP contribution in [0.3, 0.4) is 0 Å². The molecular formula is C15H26N2O3. The lowest BCUT2D eigenvalue weighted by Gasteiger charge is -2.43. The van der Waals surface area contributed by atoms with Crippen molar-refractivity contribution >= 4 is 12.0 Å². The molecule has 114 valence electrons. The fourth-order valence-corrected chi connectivity index (χ4v) is 3.66. The fraction of sp³-hybridized carbons (Fsp3) is 0.867. The predicted octanol–water partition coefficient (Wildman–Crippen LogP) is 2.70. The van der Waals surface area contributed by atoms with Crippen molar-refractivity contribution in [3.05, 3.63) is 0 Å². The van der Waals surface area contributed by atoms with Crippen LogP contribution in [-0.2, 0) is 4.79 Å². The smallest absolute Gasteiger partial charge is 0.323 e. The lowest BCUT2D eigenvalue weighted by Crippen LogP contribution is -2.56. The van der Waals surface area contributed by atoms with Gasteiger partial charge >= 0.3 is 12.0 Å². The Kier molecular flexibility index (Phi) is 4.89. The van der Waals surface area contributed by atoms with Crippen LogP contribution in [0.2, 0.25) is 0 Å². The van der Waals surface area contributed by atoms with Gasteiger partial charge in [-0.05, 0) is 46.0 Å². The second kappa shape index (κ2) is 6.46. The second-order valence-electron chi connectivity index (χ2n) is 6.28. The number of carboxylic acids is 1. The number of hydrogen-bond donors (Lipinski definition) is 1. The Morgan fingerprint density at radius 2 is 1.60 bits per heavy atom. The summed E-state index contributed by atoms with van der Waals surface area (Å²) in [5.41, 5.74) is 0. The largest absolute Gasteiger partial charge is 0.480 e. The first kappa shape index (κ1) is 15.1. The molecule has 1 aliphatic heterocycles. The zero-order valence-electron chi connectivity index (χ0n) is 12.5. The maximum Gasteiger partial charge on any atom is 0.323 e. The molecule has 2 atom stereocenters. The lowest BCUT2D eigenvalue weighted by atomic mass is 9.98. The molecule has 1 aliphatic carbocycles. The molecule has 2 amide bonds. The number of amides is 2. The van der Waals surface area contributed by atoms with Crippen LogP contribution in [0.5, 0.6) is 0 Å². The number of aliphatic carboxylic acids is 1. The Morgan fingerprint density at radius 1 is 1.05 bits per heavy atom. The normalized spacial score (nSPS) is 27.6. The van der Waals surface area contributed by atoms with Crippen molar-refractivity contribution in [2.45, 2.75) is 76.9 Å². The zero-order valence-corrected chi connectivity index (χ0v) is 12.5. The summed E-state index contributed by atoms with van der Waals surface area (Å²) in [6, 6.07) is 0.465. The topological polar surface area (TPSA) is 60.9 Å². The van der Waals surface area contributed by atoms with Gasteiger partial charge in [-0.1, -0.05) is 12.8 Å². The highest BCUT2D eigenvalue weighted by molar-refractivity contribution is 5.81. The summed E-state index contributed by atoms with van der Waals surface area (Å²) in [4.78, 5) is 27.4. The minimum absolute atomic E-state index is 0.0704. The van der Waals surface area contributed by atoms with E-state index in [1.165, 1.54) is 0 Å². The number of rotatable bonds is 3. The van der Waals surface area contributed by atoms with Gasteiger partial charge in [-0.3, -0.25) is 4.79 Å². The summed E-state index contributed by atoms with van der Waals surface area (Å²) >= 11 is 0. The molecule has 0 aromatic heterocycles. The molecule has 5 nitrogen and oxygen atoms in total. The van der Waals surface area contributed by atoms with Crippen molar-refractivity contribution in [2.75, 3.05) is 6.54 Å². The van der Waals surface area contributed by atoms with Gasteiger partial charge in [0.15, 0.2) is 0 Å². The lowest BCUT2D eigenvalue weighted by molar-refractivity contribution is -0.138. The first-order valence-corrected chi connectivity index (χ1v) is 7.81. The first-order chi connectivity index (χ1) is 9.50. The Balaban J connectivity index is 2.13. The van der Waals surface area contributed by atoms with Gasteiger partial charge in [0.05, 0.1) is 0 Å². The van der Waals surface area contributed by atoms with E-state index >= 15 is 0 Å². The van der Waals surface area contributed by atoms with Gasteiger partial charge in [0.25, 0.3) is 0 Å². The number of nitrogens with zero attached hydrogens (tertiary/aromatic N) is 2. The molecule has 2 aliphatic rings. The Bertz CT molecular complexity index is 356. The third-order valence-electron chi connectivity index (χ3n) is 4.73. The molecule has 0 radical (unpaired) electrons. The summed E-state index contributed by atoms with van der Waals surface area (Å²) < 4.78 is 0. The van der Waals surface area contributed by atoms with E-state index in [1.807, 2.05) is 4.90 Å². The SMILES string of the molecule is CC1CCCC(C)N1C(=O)N(CC(=O)O)C1CCCC1. The highest BCUT2D eigenvalue weighted by Gasteiger charge is 2.36. The van der Waals surface area contributed by atoms with Crippen molar-refractivity contribution in [2.24, 2.45) is 0 Å². The molecule has 1 saturated heterocycles. The van der Waals surface area contributed by atoms with Crippen molar-refractivity contribution in [3.63, 3.8) is 0 Å². The van der Waals surface area contributed by atoms with E-state index in [-0.39, 0.29) is 30.7 Å². The molecule has 0 spiro atoms. The molecular weight excluding hydrogens is 256 g/mol. The Morgan fingerprint density at radius 3 is 2.10 bits per heavy atom. The van der Waals surface area contributed by atoms with Gasteiger partial charge in [0.1, 0.15) is 6.54 Å². The van der Waals surface area contributed by atoms with E-state index in [4.69, 9.17) is 5.11 Å². The van der Waals surface area contributed by atoms with Gasteiger partial charge < -0.3 is 14.9 Å². The van der Waals surface area contributed by atoms with E-state index in [2.05, 4.69) is 13.8 Å². The monoisotopic (exact) mass is 282 g/mol. The number of carboxylic acid groups (broad SMARTS) is 1. The molecule has 1 N–H and O–H groups in total. The van der Waals surface area contributed by atoms with Crippen LogP contribution < -0.4 is 0 Å². The summed E-state index contributed by atoms with van der Waals surface area (Å²) in [6.45, 7) is 3.97. The van der Waals surface area contributed by atoms with E-state index in [0.29, 0.717) is 0 Å². The molecule has 0 aromatic rings. The van der Waals surface area contributed by atoms with E-state index in [0.717, 1.165) is 44.9 Å². The van der Waals surface area contributed by atoms with Crippen molar-refractivity contribution < 1.29 is 14.7 Å². The van der Waals surface area contributed by atoms with Crippen LogP contribution in [0.25, 0.3) is 0 Å². The fourth-order valence-electron chi connectivity index (χ4n) is 3.66. The van der Waals surface area contributed by atoms with Crippen LogP contribution >= 0.6 is 0 Å². The number of carbonyl (C=O) groups excluding carboxylic acids is 1. The third kappa shape index (κ3) is 3.25. The Hall–Kier alpha value is -1.26. The highest BCUT2D eigenvalue weighted by Crippen LogP contribution is 2.28. The van der Waals surface area contributed by atoms with Crippen LogP contribution in [0.4, 0.5) is 4.79 Å². The van der Waals surface area contributed by atoms with Crippen LogP contribution in [0.15, 0.2) is 0 Å². The van der Waals surface area contributed by atoms with Gasteiger partial charge in [-0.15, -0.1) is 0 Å². The molecule has 1 saturated carbocycles. The minimum Gasteiger partial charge on any atom is -0.480 e. The maximum absolute atomic E-state index is 12.8. The van der Waals surface area contributed by atoms with Crippen molar-refractivity contribution in [3.8, 4) is 0 Å². The number of carbonyl (C=O) groups is 2. The van der Waals surface area contributed by atoms with Gasteiger partial charge in [0.2, 0.25) is 0 Å². The minimum atomic E-state index is -0.914. The van der Waals surface area contributed by atoms with Gasteiger partial charge in [-0.25, -0.2) is 4.79 Å². The average molecular weight is 282 g/mol. The summed E-state index contributed by atoms with van der Waals surface area (Å²) in [6.07, 6.45) is 7.25. The predicted molar refractivity (Wildman–Crippen MR) is 76.6 cm³/mol. The van der Waals surface area contributed by atoms with Gasteiger partial charge in [-0.2, -0.15) is 0 Å². The van der Waals surface area contributed by atoms with Crippen LogP contribution in [0, 0.1) is 0 Å². The zero-order chi connectivity index (χ0) is 14.7. The molecule has 0 aromatic carbocycles. The van der Waals surface area contributed by atoms with E-state index < -0.39 is 5.97 Å². The molecule has 20 heavy (non-hydrogen) atoms. The standard InChI is InChI=1S/C15H26N2O3/c1-11-6-5-7-12(2)17(11)15(20)16(10-14(18)19)13-8-3-4-9-13/h11-13H,3-10H2,1-2H3,(H,18,19). The van der Waals surface area contributed by atoms with E-state index in [9.17, 15) is 9.59 Å². The number of piperidine rings is 1. The maximum atomic E-state index is 12.8. The van der Waals surface area contributed by atoms with Crippen LogP contribution in [0.1, 0.15) is 58.8 Å². The number of hydrogen-bond acceptors (Lipinski definition) is 2. The van der Waals surface area contributed by atoms with Gasteiger partial charge in [0, 0.05) is 18.1 Å². The first-order valence-electron chi connectivity index (χ1n) is 7.81. The molecule has 5 heteroatoms. The molecule has 2 rings (SSSR count). The molecule has 1 heterocycles. The van der Waals surface area contributed by atoms with Crippen molar-refractivity contribution in [1.29, 1.82) is 0 Å².